The maximum Gasteiger partial charge on any atom is 0.326 e. The number of rotatable bonds is 16. The van der Waals surface area contributed by atoms with Gasteiger partial charge in [0.25, 0.3) is 0 Å². The largest absolute Gasteiger partial charge is 0.481 e. The van der Waals surface area contributed by atoms with Crippen LogP contribution in [0.25, 0.3) is 0 Å². The second-order valence-corrected chi connectivity index (χ2v) is 6.82. The summed E-state index contributed by atoms with van der Waals surface area (Å²) in [6, 6.07) is -4.18. The molecule has 16 nitrogen and oxygen atoms in total. The van der Waals surface area contributed by atoms with E-state index in [0.717, 1.165) is 0 Å². The third-order valence-corrected chi connectivity index (χ3v) is 4.01. The van der Waals surface area contributed by atoms with Crippen molar-refractivity contribution in [3.05, 3.63) is 0 Å². The highest BCUT2D eigenvalue weighted by molar-refractivity contribution is 5.93. The van der Waals surface area contributed by atoms with Gasteiger partial charge in [0.1, 0.15) is 12.1 Å². The molecule has 3 unspecified atom stereocenters. The molecule has 0 aliphatic carbocycles. The van der Waals surface area contributed by atoms with Crippen LogP contribution in [-0.4, -0.2) is 88.1 Å². The lowest BCUT2D eigenvalue weighted by Gasteiger charge is -2.21. The Morgan fingerprint density at radius 1 is 0.848 bits per heavy atom. The molecule has 16 heteroatoms. The van der Waals surface area contributed by atoms with Crippen LogP contribution in [0.4, 0.5) is 0 Å². The summed E-state index contributed by atoms with van der Waals surface area (Å²) in [5.41, 5.74) is 15.7. The molecular formula is C17H29N7O9. The number of carboxylic acids is 3. The second-order valence-electron chi connectivity index (χ2n) is 6.82. The third kappa shape index (κ3) is 13.9. The van der Waals surface area contributed by atoms with E-state index in [-0.39, 0.29) is 31.8 Å². The van der Waals surface area contributed by atoms with Crippen LogP contribution in [0, 0.1) is 0 Å². The molecular weight excluding hydrogens is 446 g/mol. The molecule has 3 amide bonds. The molecule has 0 aromatic carbocycles. The molecule has 33 heavy (non-hydrogen) atoms. The minimum atomic E-state index is -1.42. The first kappa shape index (κ1) is 29.0. The topological polar surface area (TPSA) is 290 Å². The smallest absolute Gasteiger partial charge is 0.326 e. The minimum Gasteiger partial charge on any atom is -0.481 e. The average molecular weight is 475 g/mol. The van der Waals surface area contributed by atoms with Crippen molar-refractivity contribution in [1.29, 1.82) is 0 Å². The van der Waals surface area contributed by atoms with Gasteiger partial charge in [0.2, 0.25) is 17.7 Å². The van der Waals surface area contributed by atoms with Crippen molar-refractivity contribution in [2.75, 3.05) is 13.1 Å². The molecule has 0 radical (unpaired) electrons. The lowest BCUT2D eigenvalue weighted by atomic mass is 10.1. The standard InChI is InChI=1S/C17H29N7O9/c18-8(6-13(28)29)14(30)22-7-11(25)23-9(3-4-12(26)27)15(31)24-10(16(32)33)2-1-5-21-17(19)20/h8-10H,1-7,18H2,(H,22,30)(H,23,25)(H,24,31)(H,26,27)(H,28,29)(H,32,33)(H4,19,20,21). The van der Waals surface area contributed by atoms with Crippen molar-refractivity contribution in [3.8, 4) is 0 Å². The van der Waals surface area contributed by atoms with Gasteiger partial charge in [-0.1, -0.05) is 0 Å². The zero-order valence-electron chi connectivity index (χ0n) is 17.7. The summed E-state index contributed by atoms with van der Waals surface area (Å²) < 4.78 is 0. The molecule has 0 aromatic heterocycles. The summed E-state index contributed by atoms with van der Waals surface area (Å²) in [4.78, 5) is 72.8. The number of hydrogen-bond acceptors (Lipinski definition) is 8. The molecule has 12 N–H and O–H groups in total. The molecule has 3 atom stereocenters. The Morgan fingerprint density at radius 2 is 1.48 bits per heavy atom. The first-order valence-corrected chi connectivity index (χ1v) is 9.68. The summed E-state index contributed by atoms with van der Waals surface area (Å²) in [5, 5.41) is 33.2. The summed E-state index contributed by atoms with van der Waals surface area (Å²) in [6.07, 6.45) is -1.38. The molecule has 0 saturated carbocycles. The first-order chi connectivity index (χ1) is 15.3. The number of carbonyl (C=O) groups is 6. The Labute approximate surface area is 187 Å². The monoisotopic (exact) mass is 475 g/mol. The Morgan fingerprint density at radius 3 is 2.00 bits per heavy atom. The highest BCUT2D eigenvalue weighted by Gasteiger charge is 2.27. The maximum absolute atomic E-state index is 12.5. The first-order valence-electron chi connectivity index (χ1n) is 9.68. The van der Waals surface area contributed by atoms with Crippen molar-refractivity contribution >= 4 is 41.6 Å². The summed E-state index contributed by atoms with van der Waals surface area (Å²) in [5.74, 6) is -6.91. The number of carbonyl (C=O) groups excluding carboxylic acids is 3. The van der Waals surface area contributed by atoms with Crippen LogP contribution in [-0.2, 0) is 28.8 Å². The molecule has 0 heterocycles. The molecule has 0 fully saturated rings. The summed E-state index contributed by atoms with van der Waals surface area (Å²) in [7, 11) is 0. The van der Waals surface area contributed by atoms with Gasteiger partial charge in [-0.25, -0.2) is 4.79 Å². The highest BCUT2D eigenvalue weighted by atomic mass is 16.4. The van der Waals surface area contributed by atoms with E-state index in [9.17, 15) is 33.9 Å². The molecule has 0 bridgehead atoms. The second kappa shape index (κ2) is 15.0. The van der Waals surface area contributed by atoms with Gasteiger partial charge < -0.3 is 48.5 Å². The molecule has 0 rings (SSSR count). The number of nitrogens with two attached hydrogens (primary N) is 3. The number of guanidine groups is 1. The molecule has 186 valence electrons. The molecule has 0 spiro atoms. The van der Waals surface area contributed by atoms with Gasteiger partial charge in [0.05, 0.1) is 19.0 Å². The van der Waals surface area contributed by atoms with Crippen molar-refractivity contribution in [2.45, 2.75) is 50.2 Å². The Bertz CT molecular complexity index is 768. The van der Waals surface area contributed by atoms with Crippen molar-refractivity contribution in [2.24, 2.45) is 22.2 Å². The fourth-order valence-electron chi connectivity index (χ4n) is 2.39. The number of carboxylic acid groups (broad SMARTS) is 3. The van der Waals surface area contributed by atoms with Crippen LogP contribution < -0.4 is 33.2 Å². The Balaban J connectivity index is 5.00. The van der Waals surface area contributed by atoms with E-state index in [1.54, 1.807) is 0 Å². The predicted molar refractivity (Wildman–Crippen MR) is 112 cm³/mol. The zero-order chi connectivity index (χ0) is 25.6. The van der Waals surface area contributed by atoms with Crippen LogP contribution in [0.2, 0.25) is 0 Å². The van der Waals surface area contributed by atoms with Gasteiger partial charge in [-0.3, -0.25) is 29.0 Å². The number of amides is 3. The van der Waals surface area contributed by atoms with Crippen molar-refractivity contribution in [3.63, 3.8) is 0 Å². The van der Waals surface area contributed by atoms with Crippen LogP contribution in [0.15, 0.2) is 4.99 Å². The van der Waals surface area contributed by atoms with Crippen molar-refractivity contribution in [1.82, 2.24) is 16.0 Å². The Hall–Kier alpha value is -3.95. The van der Waals surface area contributed by atoms with Gasteiger partial charge in [0, 0.05) is 13.0 Å². The van der Waals surface area contributed by atoms with E-state index in [1.807, 2.05) is 0 Å². The quantitative estimate of drug-likeness (QED) is 0.0584. The molecule has 0 aliphatic heterocycles. The fraction of sp³-hybridized carbons (Fsp3) is 0.588. The number of nitrogens with one attached hydrogen (secondary N) is 3. The Kier molecular flexibility index (Phi) is 13.2. The van der Waals surface area contributed by atoms with E-state index in [0.29, 0.717) is 0 Å². The molecule has 0 saturated heterocycles. The van der Waals surface area contributed by atoms with E-state index in [4.69, 9.17) is 27.4 Å². The number of aliphatic carboxylic acids is 3. The van der Waals surface area contributed by atoms with Crippen LogP contribution in [0.1, 0.15) is 32.1 Å². The molecule has 0 aliphatic rings. The van der Waals surface area contributed by atoms with E-state index in [2.05, 4.69) is 20.9 Å². The van der Waals surface area contributed by atoms with Gasteiger partial charge >= 0.3 is 17.9 Å². The minimum absolute atomic E-state index is 0.0467. The average Bonchev–Trinajstić information content (AvgIpc) is 2.70. The summed E-state index contributed by atoms with van der Waals surface area (Å²) in [6.45, 7) is -0.561. The predicted octanol–water partition coefficient (Wildman–Crippen LogP) is -4.12. The lowest BCUT2D eigenvalue weighted by Crippen LogP contribution is -2.54. The number of hydrogen-bond donors (Lipinski definition) is 9. The van der Waals surface area contributed by atoms with Crippen LogP contribution >= 0.6 is 0 Å². The highest BCUT2D eigenvalue weighted by Crippen LogP contribution is 2.03. The van der Waals surface area contributed by atoms with E-state index >= 15 is 0 Å². The number of aliphatic imine (C=N–C) groups is 1. The maximum atomic E-state index is 12.5. The lowest BCUT2D eigenvalue weighted by molar-refractivity contribution is -0.143. The SMILES string of the molecule is NC(N)=NCCCC(NC(=O)C(CCC(=O)O)NC(=O)CNC(=O)C(N)CC(=O)O)C(=O)O. The molecule has 0 aromatic rings. The van der Waals surface area contributed by atoms with Crippen LogP contribution in [0.5, 0.6) is 0 Å². The van der Waals surface area contributed by atoms with Gasteiger partial charge in [0.15, 0.2) is 5.96 Å². The third-order valence-electron chi connectivity index (χ3n) is 4.01. The van der Waals surface area contributed by atoms with Gasteiger partial charge in [-0.2, -0.15) is 0 Å². The fourth-order valence-corrected chi connectivity index (χ4v) is 2.39. The van der Waals surface area contributed by atoms with E-state index in [1.165, 1.54) is 0 Å². The van der Waals surface area contributed by atoms with Gasteiger partial charge in [-0.05, 0) is 19.3 Å². The van der Waals surface area contributed by atoms with Crippen LogP contribution in [0.3, 0.4) is 0 Å². The van der Waals surface area contributed by atoms with E-state index < -0.39 is 73.1 Å². The number of nitrogens with zero attached hydrogens (tertiary/aromatic N) is 1. The zero-order valence-corrected chi connectivity index (χ0v) is 17.7. The normalized spacial score (nSPS) is 13.0. The van der Waals surface area contributed by atoms with Crippen molar-refractivity contribution < 1.29 is 44.1 Å². The summed E-state index contributed by atoms with van der Waals surface area (Å²) >= 11 is 0. The van der Waals surface area contributed by atoms with Gasteiger partial charge in [-0.15, -0.1) is 0 Å².